The number of ether oxygens (including phenoxy) is 1. The van der Waals surface area contributed by atoms with Gasteiger partial charge in [0.2, 0.25) is 0 Å². The van der Waals surface area contributed by atoms with E-state index >= 15 is 0 Å². The monoisotopic (exact) mass is 407 g/mol. The molecular formula is C24H26FN3O2. The van der Waals surface area contributed by atoms with Crippen LogP contribution in [0.5, 0.6) is 0 Å². The number of rotatable bonds is 5. The molecule has 2 aliphatic heterocycles. The van der Waals surface area contributed by atoms with Gasteiger partial charge in [0.05, 0.1) is 12.6 Å². The minimum atomic E-state index is -0.259. The van der Waals surface area contributed by atoms with Crippen LogP contribution in [0.4, 0.5) is 4.39 Å². The molecule has 0 aliphatic carbocycles. The van der Waals surface area contributed by atoms with Crippen molar-refractivity contribution < 1.29 is 13.9 Å². The van der Waals surface area contributed by atoms with Gasteiger partial charge in [-0.1, -0.05) is 18.2 Å². The number of H-pyrrole nitrogens is 1. The maximum atomic E-state index is 14.1. The molecule has 2 fully saturated rings. The fraction of sp³-hybridized carbons (Fsp3) is 0.375. The van der Waals surface area contributed by atoms with Gasteiger partial charge in [0, 0.05) is 56.5 Å². The Morgan fingerprint density at radius 2 is 2.07 bits per heavy atom. The number of hydrogen-bond donors (Lipinski definition) is 1. The molecule has 3 heterocycles. The number of fused-ring (bicyclic) bond motifs is 2. The zero-order chi connectivity index (χ0) is 20.7. The van der Waals surface area contributed by atoms with Crippen molar-refractivity contribution in [1.82, 2.24) is 14.8 Å². The van der Waals surface area contributed by atoms with Crippen molar-refractivity contribution in [2.24, 2.45) is 11.8 Å². The topological polar surface area (TPSA) is 48.6 Å². The molecule has 156 valence electrons. The van der Waals surface area contributed by atoms with E-state index in [1.807, 2.05) is 41.4 Å². The van der Waals surface area contributed by atoms with E-state index in [2.05, 4.69) is 9.88 Å². The number of carbonyl (C=O) groups is 1. The van der Waals surface area contributed by atoms with Gasteiger partial charge in [0.25, 0.3) is 5.91 Å². The Hall–Kier alpha value is -2.70. The lowest BCUT2D eigenvalue weighted by Crippen LogP contribution is -2.36. The highest BCUT2D eigenvalue weighted by atomic mass is 19.1. The first-order valence-electron chi connectivity index (χ1n) is 10.5. The fourth-order valence-corrected chi connectivity index (χ4v) is 5.21. The van der Waals surface area contributed by atoms with Gasteiger partial charge in [0.15, 0.2) is 0 Å². The zero-order valence-electron chi connectivity index (χ0n) is 17.1. The number of aromatic nitrogens is 1. The minimum absolute atomic E-state index is 0.0126. The van der Waals surface area contributed by atoms with E-state index in [9.17, 15) is 9.18 Å². The third-order valence-electron chi connectivity index (χ3n) is 6.60. The normalized spacial score (nSPS) is 23.9. The molecule has 30 heavy (non-hydrogen) atoms. The van der Waals surface area contributed by atoms with E-state index in [0.717, 1.165) is 36.1 Å². The molecule has 2 aromatic carbocycles. The van der Waals surface area contributed by atoms with Gasteiger partial charge >= 0.3 is 0 Å². The Morgan fingerprint density at radius 3 is 2.90 bits per heavy atom. The molecular weight excluding hydrogens is 381 g/mol. The molecule has 1 N–H and O–H groups in total. The summed E-state index contributed by atoms with van der Waals surface area (Å²) >= 11 is 0. The van der Waals surface area contributed by atoms with Crippen LogP contribution in [0.25, 0.3) is 10.9 Å². The first kappa shape index (κ1) is 19.3. The molecule has 1 aromatic heterocycles. The standard InChI is InChI=1S/C24H26FN3O2/c1-30-10-9-27-13-19-14-28(23(21(19)15-27)17-3-2-4-20(25)11-17)24(29)18-6-5-16-7-8-26-22(16)12-18/h2-8,11-12,19,21,23,26H,9-10,13-15H2,1H3/t19-,21-,23+/m0/s1. The lowest BCUT2D eigenvalue weighted by Gasteiger charge is -2.30. The SMILES string of the molecule is COCCN1C[C@H]2CN(C(=O)c3ccc4cc[nH]c4c3)[C@H](c3cccc(F)c3)[C@H]2C1. The number of aromatic amines is 1. The number of methoxy groups -OCH3 is 1. The molecule has 2 aliphatic rings. The Labute approximate surface area is 175 Å². The van der Waals surface area contributed by atoms with Crippen LogP contribution >= 0.6 is 0 Å². The van der Waals surface area contributed by atoms with Gasteiger partial charge in [-0.3, -0.25) is 4.79 Å². The van der Waals surface area contributed by atoms with Gasteiger partial charge < -0.3 is 19.5 Å². The van der Waals surface area contributed by atoms with Crippen molar-refractivity contribution in [3.63, 3.8) is 0 Å². The second-order valence-corrected chi connectivity index (χ2v) is 8.41. The van der Waals surface area contributed by atoms with Crippen LogP contribution in [0.15, 0.2) is 54.7 Å². The lowest BCUT2D eigenvalue weighted by atomic mass is 9.89. The smallest absolute Gasteiger partial charge is 0.254 e. The van der Waals surface area contributed by atoms with Gasteiger partial charge in [-0.2, -0.15) is 0 Å². The zero-order valence-corrected chi connectivity index (χ0v) is 17.1. The Morgan fingerprint density at radius 1 is 1.17 bits per heavy atom. The van der Waals surface area contributed by atoms with Crippen LogP contribution < -0.4 is 0 Å². The molecule has 3 aromatic rings. The second-order valence-electron chi connectivity index (χ2n) is 8.41. The van der Waals surface area contributed by atoms with Crippen molar-refractivity contribution in [2.75, 3.05) is 39.9 Å². The maximum Gasteiger partial charge on any atom is 0.254 e. The van der Waals surface area contributed by atoms with E-state index in [1.165, 1.54) is 6.07 Å². The quantitative estimate of drug-likeness (QED) is 0.702. The number of halogens is 1. The van der Waals surface area contributed by atoms with Crippen LogP contribution in [0.1, 0.15) is 22.0 Å². The van der Waals surface area contributed by atoms with Crippen LogP contribution in [-0.2, 0) is 4.74 Å². The van der Waals surface area contributed by atoms with Crippen LogP contribution in [-0.4, -0.2) is 60.6 Å². The molecule has 2 saturated heterocycles. The van der Waals surface area contributed by atoms with Crippen molar-refractivity contribution in [3.05, 3.63) is 71.7 Å². The van der Waals surface area contributed by atoms with Crippen LogP contribution in [0.3, 0.4) is 0 Å². The van der Waals surface area contributed by atoms with Gasteiger partial charge in [-0.05, 0) is 47.2 Å². The summed E-state index contributed by atoms with van der Waals surface area (Å²) in [5.74, 6) is 0.430. The van der Waals surface area contributed by atoms with Crippen molar-refractivity contribution in [2.45, 2.75) is 6.04 Å². The van der Waals surface area contributed by atoms with E-state index < -0.39 is 0 Å². The number of benzene rings is 2. The van der Waals surface area contributed by atoms with Gasteiger partial charge in [-0.15, -0.1) is 0 Å². The number of amides is 1. The molecule has 0 unspecified atom stereocenters. The molecule has 0 radical (unpaired) electrons. The summed E-state index contributed by atoms with van der Waals surface area (Å²) in [6, 6.07) is 14.4. The molecule has 6 heteroatoms. The van der Waals surface area contributed by atoms with Gasteiger partial charge in [0.1, 0.15) is 5.82 Å². The molecule has 0 spiro atoms. The number of nitrogens with zero attached hydrogens (tertiary/aromatic N) is 2. The number of nitrogens with one attached hydrogen (secondary N) is 1. The predicted molar refractivity (Wildman–Crippen MR) is 114 cm³/mol. The largest absolute Gasteiger partial charge is 0.383 e. The molecule has 0 saturated carbocycles. The Balaban J connectivity index is 1.46. The predicted octanol–water partition coefficient (Wildman–Crippen LogP) is 3.70. The van der Waals surface area contributed by atoms with E-state index in [0.29, 0.717) is 30.6 Å². The highest BCUT2D eigenvalue weighted by Crippen LogP contribution is 2.45. The highest BCUT2D eigenvalue weighted by Gasteiger charge is 2.49. The fourth-order valence-electron chi connectivity index (χ4n) is 5.21. The molecule has 1 amide bonds. The Bertz CT molecular complexity index is 1070. The van der Waals surface area contributed by atoms with Crippen LogP contribution in [0.2, 0.25) is 0 Å². The van der Waals surface area contributed by atoms with Crippen molar-refractivity contribution in [3.8, 4) is 0 Å². The molecule has 5 rings (SSSR count). The summed E-state index contributed by atoms with van der Waals surface area (Å²) in [5.41, 5.74) is 2.50. The van der Waals surface area contributed by atoms with E-state index in [1.54, 1.807) is 19.2 Å². The van der Waals surface area contributed by atoms with E-state index in [4.69, 9.17) is 4.74 Å². The third-order valence-corrected chi connectivity index (χ3v) is 6.60. The maximum absolute atomic E-state index is 14.1. The Kier molecular flexibility index (Phi) is 5.05. The average molecular weight is 407 g/mol. The first-order chi connectivity index (χ1) is 14.6. The van der Waals surface area contributed by atoms with Crippen molar-refractivity contribution >= 4 is 16.8 Å². The number of hydrogen-bond acceptors (Lipinski definition) is 3. The summed E-state index contributed by atoms with van der Waals surface area (Å²) in [5, 5.41) is 1.08. The van der Waals surface area contributed by atoms with Crippen LogP contribution in [0, 0.1) is 17.7 Å². The second kappa shape index (κ2) is 7.85. The number of likely N-dealkylation sites (tertiary alicyclic amines) is 2. The third kappa shape index (κ3) is 3.40. The van der Waals surface area contributed by atoms with E-state index in [-0.39, 0.29) is 17.8 Å². The average Bonchev–Trinajstić information content (AvgIpc) is 3.45. The number of carbonyl (C=O) groups excluding carboxylic acids is 1. The molecule has 3 atom stereocenters. The summed E-state index contributed by atoms with van der Waals surface area (Å²) in [4.78, 5) is 21.1. The summed E-state index contributed by atoms with van der Waals surface area (Å²) in [7, 11) is 1.72. The lowest BCUT2D eigenvalue weighted by molar-refractivity contribution is 0.0694. The minimum Gasteiger partial charge on any atom is -0.383 e. The van der Waals surface area contributed by atoms with Crippen molar-refractivity contribution in [1.29, 1.82) is 0 Å². The molecule has 5 nitrogen and oxygen atoms in total. The summed E-state index contributed by atoms with van der Waals surface area (Å²) in [6.07, 6.45) is 1.88. The summed E-state index contributed by atoms with van der Waals surface area (Å²) < 4.78 is 19.3. The first-order valence-corrected chi connectivity index (χ1v) is 10.5. The highest BCUT2D eigenvalue weighted by molar-refractivity contribution is 5.98. The summed E-state index contributed by atoms with van der Waals surface area (Å²) in [6.45, 7) is 4.12. The van der Waals surface area contributed by atoms with Gasteiger partial charge in [-0.25, -0.2) is 4.39 Å². The molecule has 0 bridgehead atoms.